The standard InChI is InChI=1S/C20H19BrN2O4/c1-3-26-17-11-13(15(21)12-18(17)27-4-2)10-16-19(24)23(20(25)22-16)14-8-6-5-7-9-14/h5-12H,3-4H2,1-2H3,(H,22,25)/b16-10+. The Hall–Kier alpha value is -2.80. The molecule has 3 rings (SSSR count). The van der Waals surface area contributed by atoms with Gasteiger partial charge in [0.2, 0.25) is 0 Å². The molecule has 6 nitrogen and oxygen atoms in total. The van der Waals surface area contributed by atoms with Crippen molar-refractivity contribution in [2.75, 3.05) is 18.1 Å². The molecule has 0 spiro atoms. The van der Waals surface area contributed by atoms with Gasteiger partial charge in [-0.3, -0.25) is 4.79 Å². The van der Waals surface area contributed by atoms with E-state index in [4.69, 9.17) is 9.47 Å². The van der Waals surface area contributed by atoms with Crippen molar-refractivity contribution in [3.63, 3.8) is 0 Å². The summed E-state index contributed by atoms with van der Waals surface area (Å²) in [5.74, 6) is 0.775. The fraction of sp³-hybridized carbons (Fsp3) is 0.200. The van der Waals surface area contributed by atoms with Gasteiger partial charge < -0.3 is 14.8 Å². The maximum atomic E-state index is 12.7. The van der Waals surface area contributed by atoms with E-state index in [0.717, 1.165) is 9.37 Å². The number of hydrogen-bond acceptors (Lipinski definition) is 4. The first-order chi connectivity index (χ1) is 13.0. The number of anilines is 1. The fourth-order valence-corrected chi connectivity index (χ4v) is 3.14. The van der Waals surface area contributed by atoms with Crippen LogP contribution >= 0.6 is 15.9 Å². The number of imide groups is 1. The smallest absolute Gasteiger partial charge is 0.333 e. The lowest BCUT2D eigenvalue weighted by Gasteiger charge is -2.13. The molecule has 0 bridgehead atoms. The van der Waals surface area contributed by atoms with Crippen LogP contribution in [-0.4, -0.2) is 25.2 Å². The van der Waals surface area contributed by atoms with Gasteiger partial charge in [0.15, 0.2) is 11.5 Å². The second-order valence-electron chi connectivity index (χ2n) is 5.65. The predicted molar refractivity (Wildman–Crippen MR) is 107 cm³/mol. The molecule has 0 aromatic heterocycles. The van der Waals surface area contributed by atoms with E-state index >= 15 is 0 Å². The molecule has 0 atom stereocenters. The zero-order valence-electron chi connectivity index (χ0n) is 15.0. The lowest BCUT2D eigenvalue weighted by atomic mass is 10.1. The molecule has 2 aromatic carbocycles. The van der Waals surface area contributed by atoms with Gasteiger partial charge in [-0.2, -0.15) is 0 Å². The average molecular weight is 431 g/mol. The summed E-state index contributed by atoms with van der Waals surface area (Å²) in [5.41, 5.74) is 1.40. The summed E-state index contributed by atoms with van der Waals surface area (Å²) < 4.78 is 11.9. The lowest BCUT2D eigenvalue weighted by molar-refractivity contribution is -0.113. The van der Waals surface area contributed by atoms with Crippen LogP contribution in [0.2, 0.25) is 0 Å². The minimum atomic E-state index is -0.482. The molecule has 1 heterocycles. The summed E-state index contributed by atoms with van der Waals surface area (Å²) in [4.78, 5) is 26.1. The Morgan fingerprint density at radius 2 is 1.67 bits per heavy atom. The topological polar surface area (TPSA) is 67.9 Å². The number of urea groups is 1. The van der Waals surface area contributed by atoms with E-state index in [1.165, 1.54) is 0 Å². The molecule has 0 unspecified atom stereocenters. The third-order valence-electron chi connectivity index (χ3n) is 3.86. The first-order valence-electron chi connectivity index (χ1n) is 8.56. The Kier molecular flexibility index (Phi) is 5.81. The third-order valence-corrected chi connectivity index (χ3v) is 4.54. The number of nitrogens with zero attached hydrogens (tertiary/aromatic N) is 1. The molecule has 0 aliphatic carbocycles. The fourth-order valence-electron chi connectivity index (χ4n) is 2.70. The average Bonchev–Trinajstić information content (AvgIpc) is 2.93. The van der Waals surface area contributed by atoms with E-state index < -0.39 is 11.9 Å². The Balaban J connectivity index is 1.96. The minimum absolute atomic E-state index is 0.191. The highest BCUT2D eigenvalue weighted by Crippen LogP contribution is 2.35. The highest BCUT2D eigenvalue weighted by molar-refractivity contribution is 9.10. The van der Waals surface area contributed by atoms with Gasteiger partial charge in [-0.05, 0) is 49.8 Å². The molecule has 1 saturated heterocycles. The predicted octanol–water partition coefficient (Wildman–Crippen LogP) is 4.34. The van der Waals surface area contributed by atoms with E-state index in [2.05, 4.69) is 21.2 Å². The van der Waals surface area contributed by atoms with Crippen LogP contribution in [0, 0.1) is 0 Å². The molecular weight excluding hydrogens is 412 g/mol. The van der Waals surface area contributed by atoms with Gasteiger partial charge in [-0.15, -0.1) is 0 Å². The summed E-state index contributed by atoms with van der Waals surface area (Å²) in [6, 6.07) is 11.9. The Bertz CT molecular complexity index is 896. The zero-order valence-corrected chi connectivity index (χ0v) is 16.6. The monoisotopic (exact) mass is 430 g/mol. The zero-order chi connectivity index (χ0) is 19.4. The van der Waals surface area contributed by atoms with Gasteiger partial charge >= 0.3 is 6.03 Å². The highest BCUT2D eigenvalue weighted by atomic mass is 79.9. The Morgan fingerprint density at radius 3 is 2.30 bits per heavy atom. The van der Waals surface area contributed by atoms with Gasteiger partial charge in [0.05, 0.1) is 18.9 Å². The molecule has 140 valence electrons. The van der Waals surface area contributed by atoms with Crippen LogP contribution in [0.4, 0.5) is 10.5 Å². The van der Waals surface area contributed by atoms with Gasteiger partial charge in [0, 0.05) is 4.47 Å². The van der Waals surface area contributed by atoms with E-state index in [1.54, 1.807) is 42.5 Å². The number of halogens is 1. The summed E-state index contributed by atoms with van der Waals surface area (Å²) in [6.45, 7) is 4.77. The first kappa shape index (κ1) is 19.0. The second kappa shape index (κ2) is 8.26. The highest BCUT2D eigenvalue weighted by Gasteiger charge is 2.34. The molecule has 0 radical (unpaired) electrons. The summed E-state index contributed by atoms with van der Waals surface area (Å²) in [5, 5.41) is 2.62. The van der Waals surface area contributed by atoms with E-state index in [0.29, 0.717) is 36.0 Å². The van der Waals surface area contributed by atoms with Crippen molar-refractivity contribution >= 4 is 39.6 Å². The van der Waals surface area contributed by atoms with Crippen LogP contribution in [0.15, 0.2) is 52.6 Å². The van der Waals surface area contributed by atoms with Crippen molar-refractivity contribution in [1.29, 1.82) is 0 Å². The molecule has 1 aliphatic heterocycles. The molecule has 27 heavy (non-hydrogen) atoms. The van der Waals surface area contributed by atoms with Crippen molar-refractivity contribution in [1.82, 2.24) is 5.32 Å². The van der Waals surface area contributed by atoms with Crippen molar-refractivity contribution < 1.29 is 19.1 Å². The number of ether oxygens (including phenoxy) is 2. The van der Waals surface area contributed by atoms with Crippen LogP contribution in [-0.2, 0) is 4.79 Å². The van der Waals surface area contributed by atoms with Gasteiger partial charge in [0.1, 0.15) is 5.70 Å². The number of hydrogen-bond donors (Lipinski definition) is 1. The van der Waals surface area contributed by atoms with E-state index in [9.17, 15) is 9.59 Å². The summed E-state index contributed by atoms with van der Waals surface area (Å²) >= 11 is 3.49. The molecule has 0 saturated carbocycles. The normalized spacial score (nSPS) is 15.2. The Morgan fingerprint density at radius 1 is 1.04 bits per heavy atom. The SMILES string of the molecule is CCOc1cc(Br)c(/C=C2/NC(=O)N(c3ccccc3)C2=O)cc1OCC. The lowest BCUT2D eigenvalue weighted by Crippen LogP contribution is -2.30. The van der Waals surface area contributed by atoms with Crippen molar-refractivity contribution in [3.8, 4) is 11.5 Å². The largest absolute Gasteiger partial charge is 0.490 e. The summed E-state index contributed by atoms with van der Waals surface area (Å²) in [7, 11) is 0. The first-order valence-corrected chi connectivity index (χ1v) is 9.35. The number of benzene rings is 2. The minimum Gasteiger partial charge on any atom is -0.490 e. The number of rotatable bonds is 6. The maximum absolute atomic E-state index is 12.7. The van der Waals surface area contributed by atoms with Crippen LogP contribution in [0.5, 0.6) is 11.5 Å². The molecule has 7 heteroatoms. The van der Waals surface area contributed by atoms with E-state index in [1.807, 2.05) is 19.9 Å². The van der Waals surface area contributed by atoms with Crippen LogP contribution < -0.4 is 19.7 Å². The van der Waals surface area contributed by atoms with Crippen molar-refractivity contribution in [2.45, 2.75) is 13.8 Å². The maximum Gasteiger partial charge on any atom is 0.333 e. The molecule has 1 N–H and O–H groups in total. The number of para-hydroxylation sites is 1. The molecule has 3 amide bonds. The Labute approximate surface area is 165 Å². The van der Waals surface area contributed by atoms with E-state index in [-0.39, 0.29) is 5.70 Å². The number of carbonyl (C=O) groups is 2. The molecule has 1 aliphatic rings. The van der Waals surface area contributed by atoms with Crippen molar-refractivity contribution in [3.05, 3.63) is 58.2 Å². The molecular formula is C20H19BrN2O4. The van der Waals surface area contributed by atoms with Crippen molar-refractivity contribution in [2.24, 2.45) is 0 Å². The summed E-state index contributed by atoms with van der Waals surface area (Å²) in [6.07, 6.45) is 1.62. The molecule has 2 aromatic rings. The van der Waals surface area contributed by atoms with Gasteiger partial charge in [0.25, 0.3) is 5.91 Å². The number of nitrogens with one attached hydrogen (secondary N) is 1. The van der Waals surface area contributed by atoms with Crippen LogP contribution in [0.3, 0.4) is 0 Å². The number of carbonyl (C=O) groups excluding carboxylic acids is 2. The van der Waals surface area contributed by atoms with Gasteiger partial charge in [-0.1, -0.05) is 34.1 Å². The van der Waals surface area contributed by atoms with Crippen LogP contribution in [0.1, 0.15) is 19.4 Å². The quantitative estimate of drug-likeness (QED) is 0.546. The molecule has 1 fully saturated rings. The van der Waals surface area contributed by atoms with Crippen LogP contribution in [0.25, 0.3) is 6.08 Å². The third kappa shape index (κ3) is 3.98. The van der Waals surface area contributed by atoms with Gasteiger partial charge in [-0.25, -0.2) is 9.69 Å². The second-order valence-corrected chi connectivity index (χ2v) is 6.51. The number of amides is 3.